The molecule has 0 fully saturated rings. The van der Waals surface area contributed by atoms with Gasteiger partial charge in [0, 0.05) is 24.1 Å². The zero-order valence-electron chi connectivity index (χ0n) is 15.7. The second-order valence-corrected chi connectivity index (χ2v) is 4.65. The summed E-state index contributed by atoms with van der Waals surface area (Å²) in [6, 6.07) is 8.45. The Morgan fingerprint density at radius 2 is 1.33 bits per heavy atom. The molecule has 0 N–H and O–H groups in total. The van der Waals surface area contributed by atoms with Gasteiger partial charge < -0.3 is 4.57 Å². The van der Waals surface area contributed by atoms with Crippen LogP contribution in [0.15, 0.2) is 30.5 Å². The highest BCUT2D eigenvalue weighted by Gasteiger charge is 1.99. The summed E-state index contributed by atoms with van der Waals surface area (Å²) in [5, 5.41) is 1.36. The molecule has 1 aromatic carbocycles. The van der Waals surface area contributed by atoms with Crippen molar-refractivity contribution in [2.24, 2.45) is 7.05 Å². The first kappa shape index (κ1) is 22.0. The average molecular weight is 292 g/mol. The Morgan fingerprint density at radius 1 is 0.857 bits per heavy atom. The fourth-order valence-corrected chi connectivity index (χ4v) is 2.04. The van der Waals surface area contributed by atoms with Crippen molar-refractivity contribution < 1.29 is 0 Å². The second-order valence-electron chi connectivity index (χ2n) is 4.65. The Morgan fingerprint density at radius 3 is 1.76 bits per heavy atom. The van der Waals surface area contributed by atoms with Gasteiger partial charge >= 0.3 is 0 Å². The second kappa shape index (κ2) is 15.2. The van der Waals surface area contributed by atoms with Crippen LogP contribution in [0.2, 0.25) is 0 Å². The van der Waals surface area contributed by atoms with Crippen LogP contribution in [0.5, 0.6) is 0 Å². The summed E-state index contributed by atoms with van der Waals surface area (Å²) >= 11 is 0. The minimum atomic E-state index is 1.31. The predicted molar refractivity (Wildman–Crippen MR) is 100 cm³/mol. The molecule has 1 nitrogen and oxygen atoms in total. The number of aromatic nitrogens is 1. The third-order valence-electron chi connectivity index (χ3n) is 3.05. The molecule has 0 spiro atoms. The molecule has 0 atom stereocenters. The molecule has 0 amide bonds. The summed E-state index contributed by atoms with van der Waals surface area (Å²) in [5.41, 5.74) is 2.66. The Balaban J connectivity index is 0. The molecule has 1 aromatic heterocycles. The van der Waals surface area contributed by atoms with E-state index in [4.69, 9.17) is 0 Å². The third kappa shape index (κ3) is 8.60. The van der Waals surface area contributed by atoms with E-state index in [1.54, 1.807) is 0 Å². The normalized spacial score (nSPS) is 8.76. The van der Waals surface area contributed by atoms with Crippen molar-refractivity contribution in [3.8, 4) is 0 Å². The Hall–Kier alpha value is -1.24. The number of para-hydroxylation sites is 1. The van der Waals surface area contributed by atoms with Gasteiger partial charge in [0.15, 0.2) is 0 Å². The van der Waals surface area contributed by atoms with Crippen molar-refractivity contribution in [3.63, 3.8) is 0 Å². The molecule has 1 heteroatoms. The van der Waals surface area contributed by atoms with Crippen LogP contribution in [0.3, 0.4) is 0 Å². The average Bonchev–Trinajstić information content (AvgIpc) is 2.85. The lowest BCUT2D eigenvalue weighted by Crippen LogP contribution is -1.81. The van der Waals surface area contributed by atoms with E-state index < -0.39 is 0 Å². The molecule has 0 radical (unpaired) electrons. The van der Waals surface area contributed by atoms with Crippen LogP contribution in [-0.2, 0) is 7.05 Å². The molecule has 0 unspecified atom stereocenters. The van der Waals surface area contributed by atoms with Gasteiger partial charge in [0.25, 0.3) is 0 Å². The van der Waals surface area contributed by atoms with E-state index in [0.29, 0.717) is 0 Å². The molecular formula is C20H37N. The molecule has 1 heterocycles. The minimum absolute atomic E-state index is 1.31. The molecule has 2 aromatic rings. The number of unbranched alkanes of at least 4 members (excludes halogenated alkanes) is 3. The maximum absolute atomic E-state index is 2.23. The molecular weight excluding hydrogens is 254 g/mol. The van der Waals surface area contributed by atoms with Crippen LogP contribution >= 0.6 is 0 Å². The first-order chi connectivity index (χ1) is 10.2. The van der Waals surface area contributed by atoms with E-state index in [9.17, 15) is 0 Å². The monoisotopic (exact) mass is 291 g/mol. The van der Waals surface area contributed by atoms with Gasteiger partial charge in [-0.25, -0.2) is 0 Å². The van der Waals surface area contributed by atoms with Gasteiger partial charge in [-0.1, -0.05) is 85.4 Å². The van der Waals surface area contributed by atoms with E-state index >= 15 is 0 Å². The maximum Gasteiger partial charge on any atom is 0.0480 e. The molecule has 21 heavy (non-hydrogen) atoms. The van der Waals surface area contributed by atoms with E-state index in [1.807, 2.05) is 27.7 Å². The van der Waals surface area contributed by atoms with Crippen LogP contribution in [-0.4, -0.2) is 4.57 Å². The first-order valence-electron chi connectivity index (χ1n) is 8.71. The largest absolute Gasteiger partial charge is 0.350 e. The van der Waals surface area contributed by atoms with Crippen molar-refractivity contribution in [3.05, 3.63) is 36.0 Å². The Bertz CT molecular complexity index is 400. The lowest BCUT2D eigenvalue weighted by molar-refractivity contribution is 0.702. The van der Waals surface area contributed by atoms with Crippen LogP contribution in [0, 0.1) is 6.92 Å². The molecule has 0 aliphatic rings. The van der Waals surface area contributed by atoms with Crippen molar-refractivity contribution >= 4 is 10.9 Å². The van der Waals surface area contributed by atoms with Gasteiger partial charge in [-0.15, -0.1) is 0 Å². The first-order valence-corrected chi connectivity index (χ1v) is 8.71. The number of benzene rings is 1. The number of hydrogen-bond donors (Lipinski definition) is 0. The van der Waals surface area contributed by atoms with E-state index in [0.717, 1.165) is 0 Å². The number of nitrogens with zero attached hydrogens (tertiary/aromatic N) is 1. The number of fused-ring (bicyclic) bond motifs is 1. The van der Waals surface area contributed by atoms with Gasteiger partial charge in [0.2, 0.25) is 0 Å². The van der Waals surface area contributed by atoms with Crippen LogP contribution in [0.4, 0.5) is 0 Å². The third-order valence-corrected chi connectivity index (χ3v) is 3.05. The Labute approximate surface area is 133 Å². The molecule has 0 saturated heterocycles. The van der Waals surface area contributed by atoms with Crippen molar-refractivity contribution in [2.75, 3.05) is 0 Å². The standard InChI is InChI=1S/C10H11N.C6H14.2C2H6/c1-8-7-11(2)10-6-4-3-5-9(8)10;1-3-5-6-4-2;2*1-2/h3-7H,1-2H3;3-6H2,1-2H3;2*1-2H3. The summed E-state index contributed by atoms with van der Waals surface area (Å²) in [5.74, 6) is 0. The highest BCUT2D eigenvalue weighted by molar-refractivity contribution is 5.83. The molecule has 0 bridgehead atoms. The zero-order chi connectivity index (χ0) is 16.7. The number of hydrogen-bond acceptors (Lipinski definition) is 0. The van der Waals surface area contributed by atoms with Gasteiger partial charge in [-0.05, 0) is 18.6 Å². The van der Waals surface area contributed by atoms with Gasteiger partial charge in [-0.3, -0.25) is 0 Å². The zero-order valence-corrected chi connectivity index (χ0v) is 15.7. The van der Waals surface area contributed by atoms with Gasteiger partial charge in [-0.2, -0.15) is 0 Å². The molecule has 0 aliphatic heterocycles. The summed E-state index contributed by atoms with van der Waals surface area (Å²) in [6.45, 7) is 14.6. The highest BCUT2D eigenvalue weighted by Crippen LogP contribution is 2.18. The van der Waals surface area contributed by atoms with Crippen molar-refractivity contribution in [2.45, 2.75) is 74.1 Å². The topological polar surface area (TPSA) is 4.93 Å². The molecule has 0 aliphatic carbocycles. The smallest absolute Gasteiger partial charge is 0.0480 e. The van der Waals surface area contributed by atoms with Crippen molar-refractivity contribution in [1.29, 1.82) is 0 Å². The quantitative estimate of drug-likeness (QED) is 0.530. The summed E-state index contributed by atoms with van der Waals surface area (Å²) in [6.07, 6.45) is 7.69. The van der Waals surface area contributed by atoms with Crippen LogP contribution in [0.25, 0.3) is 10.9 Å². The lowest BCUT2D eigenvalue weighted by atomic mass is 10.2. The summed E-state index contributed by atoms with van der Waals surface area (Å²) < 4.78 is 2.16. The predicted octanol–water partition coefficient (Wildman–Crippen LogP) is 7.13. The van der Waals surface area contributed by atoms with E-state index in [2.05, 4.69) is 62.8 Å². The van der Waals surface area contributed by atoms with Gasteiger partial charge in [0.05, 0.1) is 0 Å². The fraction of sp³-hybridized carbons (Fsp3) is 0.600. The fourth-order valence-electron chi connectivity index (χ4n) is 2.04. The molecule has 0 saturated carbocycles. The molecule has 122 valence electrons. The SMILES string of the molecule is CC.CC.CCCCCC.Cc1cn(C)c2ccccc12. The summed E-state index contributed by atoms with van der Waals surface area (Å²) in [7, 11) is 2.08. The van der Waals surface area contributed by atoms with Crippen molar-refractivity contribution in [1.82, 2.24) is 4.57 Å². The van der Waals surface area contributed by atoms with Crippen LogP contribution in [0.1, 0.15) is 72.8 Å². The van der Waals surface area contributed by atoms with E-state index in [-0.39, 0.29) is 0 Å². The van der Waals surface area contributed by atoms with Gasteiger partial charge in [0.1, 0.15) is 0 Å². The maximum atomic E-state index is 2.23. The molecule has 2 rings (SSSR count). The lowest BCUT2D eigenvalue weighted by Gasteiger charge is -1.92. The Kier molecular flexibility index (Phi) is 15.9. The minimum Gasteiger partial charge on any atom is -0.350 e. The number of rotatable bonds is 3. The number of aryl methyl sites for hydroxylation is 2. The van der Waals surface area contributed by atoms with E-state index in [1.165, 1.54) is 42.1 Å². The van der Waals surface area contributed by atoms with Crippen LogP contribution < -0.4 is 0 Å². The summed E-state index contributed by atoms with van der Waals surface area (Å²) in [4.78, 5) is 0. The highest BCUT2D eigenvalue weighted by atomic mass is 14.9.